The number of likely N-dealkylation sites (tertiary alicyclic amines) is 1. The first-order chi connectivity index (χ1) is 15.7. The van der Waals surface area contributed by atoms with Gasteiger partial charge in [0, 0.05) is 56.7 Å². The van der Waals surface area contributed by atoms with Crippen molar-refractivity contribution in [3.05, 3.63) is 59.5 Å². The molecule has 0 unspecified atom stereocenters. The Morgan fingerprint density at radius 2 is 1.44 bits per heavy atom. The number of amides is 1. The van der Waals surface area contributed by atoms with E-state index in [0.717, 1.165) is 61.1 Å². The summed E-state index contributed by atoms with van der Waals surface area (Å²) in [4.78, 5) is 24.7. The summed E-state index contributed by atoms with van der Waals surface area (Å²) in [6.07, 6.45) is 7.91. The molecule has 1 amide bonds. The molecule has 0 bridgehead atoms. The second-order valence-corrected chi connectivity index (χ2v) is 9.29. The minimum Gasteiger partial charge on any atom is -0.335 e. The number of carbonyl (C=O) groups excluding carboxylic acids is 1. The molecular weight excluding hydrogens is 422 g/mol. The fourth-order valence-corrected chi connectivity index (χ4v) is 4.84. The van der Waals surface area contributed by atoms with Gasteiger partial charge >= 0.3 is 0 Å². The number of carbonyl (C=O) groups is 1. The van der Waals surface area contributed by atoms with E-state index in [1.165, 1.54) is 32.4 Å². The van der Waals surface area contributed by atoms with Gasteiger partial charge in [0.05, 0.1) is 0 Å². The van der Waals surface area contributed by atoms with Crippen LogP contribution in [0.15, 0.2) is 48.8 Å². The molecule has 2 saturated heterocycles. The van der Waals surface area contributed by atoms with E-state index in [0.29, 0.717) is 5.69 Å². The number of halogens is 1. The van der Waals surface area contributed by atoms with Crippen molar-refractivity contribution in [2.24, 2.45) is 0 Å². The lowest BCUT2D eigenvalue weighted by molar-refractivity contribution is 0.0614. The average molecular weight is 452 g/mol. The molecule has 3 aromatic rings. The van der Waals surface area contributed by atoms with Crippen LogP contribution in [-0.2, 0) is 0 Å². The molecule has 0 atom stereocenters. The van der Waals surface area contributed by atoms with Gasteiger partial charge < -0.3 is 14.2 Å². The van der Waals surface area contributed by atoms with Gasteiger partial charge in [0.2, 0.25) is 0 Å². The first kappa shape index (κ1) is 21.4. The molecule has 0 N–H and O–H groups in total. The van der Waals surface area contributed by atoms with Crippen molar-refractivity contribution in [2.75, 3.05) is 52.4 Å². The number of rotatable bonds is 5. The smallest absolute Gasteiger partial charge is 0.274 e. The van der Waals surface area contributed by atoms with Crippen LogP contribution in [0.1, 0.15) is 29.8 Å². The Labute approximate surface area is 194 Å². The third-order valence-electron chi connectivity index (χ3n) is 6.69. The number of imidazole rings is 1. The zero-order valence-corrected chi connectivity index (χ0v) is 19.2. The zero-order chi connectivity index (χ0) is 21.9. The maximum atomic E-state index is 13.1. The molecule has 32 heavy (non-hydrogen) atoms. The lowest BCUT2D eigenvalue weighted by atomic mass is 10.1. The zero-order valence-electron chi connectivity index (χ0n) is 18.4. The molecule has 0 radical (unpaired) electrons. The van der Waals surface area contributed by atoms with Crippen LogP contribution in [0.25, 0.3) is 16.8 Å². The van der Waals surface area contributed by atoms with Crippen LogP contribution in [-0.4, -0.2) is 82.3 Å². The van der Waals surface area contributed by atoms with Gasteiger partial charge in [-0.15, -0.1) is 0 Å². The fourth-order valence-electron chi connectivity index (χ4n) is 4.71. The van der Waals surface area contributed by atoms with Crippen LogP contribution < -0.4 is 0 Å². The van der Waals surface area contributed by atoms with Gasteiger partial charge in [-0.3, -0.25) is 9.69 Å². The largest absolute Gasteiger partial charge is 0.335 e. The monoisotopic (exact) mass is 451 g/mol. The Balaban J connectivity index is 1.20. The van der Waals surface area contributed by atoms with Crippen molar-refractivity contribution in [2.45, 2.75) is 19.3 Å². The number of aromatic nitrogens is 2. The molecule has 6 nitrogen and oxygen atoms in total. The minimum absolute atomic E-state index is 0.0254. The Kier molecular flexibility index (Phi) is 6.44. The van der Waals surface area contributed by atoms with E-state index in [4.69, 9.17) is 11.6 Å². The maximum Gasteiger partial charge on any atom is 0.274 e. The number of hydrogen-bond acceptors (Lipinski definition) is 4. The first-order valence-corrected chi connectivity index (χ1v) is 12.0. The highest BCUT2D eigenvalue weighted by Gasteiger charge is 2.24. The second kappa shape index (κ2) is 9.61. The molecule has 2 aliphatic rings. The first-order valence-electron chi connectivity index (χ1n) is 11.6. The summed E-state index contributed by atoms with van der Waals surface area (Å²) in [6.45, 7) is 8.14. The molecule has 168 valence electrons. The quantitative estimate of drug-likeness (QED) is 0.590. The van der Waals surface area contributed by atoms with Crippen LogP contribution in [0, 0.1) is 0 Å². The van der Waals surface area contributed by atoms with Crippen LogP contribution in [0.2, 0.25) is 5.02 Å². The number of nitrogens with zero attached hydrogens (tertiary/aromatic N) is 5. The molecule has 4 heterocycles. The Morgan fingerprint density at radius 1 is 0.781 bits per heavy atom. The summed E-state index contributed by atoms with van der Waals surface area (Å²) in [5.74, 6) is 0.0254. The lowest BCUT2D eigenvalue weighted by Gasteiger charge is -2.36. The van der Waals surface area contributed by atoms with Crippen LogP contribution >= 0.6 is 11.6 Å². The van der Waals surface area contributed by atoms with Gasteiger partial charge in [0.15, 0.2) is 0 Å². The summed E-state index contributed by atoms with van der Waals surface area (Å²) in [5, 5.41) is 0.719. The number of hydrogen-bond donors (Lipinski definition) is 0. The minimum atomic E-state index is 0.0254. The Bertz CT molecular complexity index is 1070. The van der Waals surface area contributed by atoms with Crippen LogP contribution in [0.4, 0.5) is 0 Å². The number of piperazine rings is 1. The lowest BCUT2D eigenvalue weighted by Crippen LogP contribution is -2.50. The number of piperidine rings is 1. The number of fused-ring (bicyclic) bond motifs is 1. The van der Waals surface area contributed by atoms with Crippen molar-refractivity contribution in [1.82, 2.24) is 24.1 Å². The van der Waals surface area contributed by atoms with E-state index in [-0.39, 0.29) is 5.91 Å². The molecule has 0 aliphatic carbocycles. The molecule has 2 fully saturated rings. The van der Waals surface area contributed by atoms with Crippen molar-refractivity contribution in [3.63, 3.8) is 0 Å². The molecule has 0 spiro atoms. The normalized spacial score (nSPS) is 18.3. The third kappa shape index (κ3) is 4.82. The van der Waals surface area contributed by atoms with Crippen LogP contribution in [0.5, 0.6) is 0 Å². The van der Waals surface area contributed by atoms with Gasteiger partial charge in [0.25, 0.3) is 5.91 Å². The highest BCUT2D eigenvalue weighted by molar-refractivity contribution is 6.30. The standard InChI is InChI=1S/C25H30ClN5O/c26-22-7-4-20(5-8-22)21-6-9-24-27-23(19-31(24)18-21)25(32)30-16-14-29(15-17-30)13-12-28-10-2-1-3-11-28/h4-9,18-19H,1-3,10-17H2. The van der Waals surface area contributed by atoms with Crippen molar-refractivity contribution >= 4 is 23.2 Å². The third-order valence-corrected chi connectivity index (χ3v) is 6.94. The highest BCUT2D eigenvalue weighted by Crippen LogP contribution is 2.22. The van der Waals surface area contributed by atoms with E-state index < -0.39 is 0 Å². The van der Waals surface area contributed by atoms with Crippen molar-refractivity contribution in [3.8, 4) is 11.1 Å². The SMILES string of the molecule is O=C(c1cn2cc(-c3ccc(Cl)cc3)ccc2n1)N1CCN(CCN2CCCCC2)CC1. The predicted octanol–water partition coefficient (Wildman–Crippen LogP) is 3.90. The number of benzene rings is 1. The molecule has 5 rings (SSSR count). The Morgan fingerprint density at radius 3 is 2.16 bits per heavy atom. The van der Waals surface area contributed by atoms with E-state index in [2.05, 4.69) is 14.8 Å². The maximum absolute atomic E-state index is 13.1. The topological polar surface area (TPSA) is 44.1 Å². The molecule has 7 heteroatoms. The van der Waals surface area contributed by atoms with E-state index >= 15 is 0 Å². The van der Waals surface area contributed by atoms with Crippen molar-refractivity contribution < 1.29 is 4.79 Å². The fraction of sp³-hybridized carbons (Fsp3) is 0.440. The molecule has 2 aromatic heterocycles. The van der Waals surface area contributed by atoms with Gasteiger partial charge in [-0.1, -0.05) is 30.2 Å². The molecular formula is C25H30ClN5O. The van der Waals surface area contributed by atoms with Crippen molar-refractivity contribution in [1.29, 1.82) is 0 Å². The van der Waals surface area contributed by atoms with E-state index in [1.54, 1.807) is 0 Å². The summed E-state index contributed by atoms with van der Waals surface area (Å²) >= 11 is 6.01. The summed E-state index contributed by atoms with van der Waals surface area (Å²) in [6, 6.07) is 11.8. The van der Waals surface area contributed by atoms with Gasteiger partial charge in [-0.25, -0.2) is 4.98 Å². The number of pyridine rings is 1. The molecule has 0 saturated carbocycles. The highest BCUT2D eigenvalue weighted by atomic mass is 35.5. The Hall–Kier alpha value is -2.41. The average Bonchev–Trinajstić information content (AvgIpc) is 3.27. The summed E-state index contributed by atoms with van der Waals surface area (Å²) < 4.78 is 1.94. The van der Waals surface area contributed by atoms with Crippen LogP contribution in [0.3, 0.4) is 0 Å². The molecule has 1 aromatic carbocycles. The molecule has 2 aliphatic heterocycles. The van der Waals surface area contributed by atoms with E-state index in [1.807, 2.05) is 58.1 Å². The van der Waals surface area contributed by atoms with E-state index in [9.17, 15) is 4.79 Å². The van der Waals surface area contributed by atoms with Gasteiger partial charge in [0.1, 0.15) is 11.3 Å². The summed E-state index contributed by atoms with van der Waals surface area (Å²) in [5.41, 5.74) is 3.44. The second-order valence-electron chi connectivity index (χ2n) is 8.85. The van der Waals surface area contributed by atoms with Gasteiger partial charge in [-0.05, 0) is 61.3 Å². The van der Waals surface area contributed by atoms with Gasteiger partial charge in [-0.2, -0.15) is 0 Å². The summed E-state index contributed by atoms with van der Waals surface area (Å²) in [7, 11) is 0. The predicted molar refractivity (Wildman–Crippen MR) is 128 cm³/mol.